The van der Waals surface area contributed by atoms with Gasteiger partial charge in [-0.05, 0) is 30.7 Å². The monoisotopic (exact) mass is 237 g/mol. The van der Waals surface area contributed by atoms with Gasteiger partial charge in [0.2, 0.25) is 0 Å². The molecule has 1 aromatic heterocycles. The Balaban J connectivity index is 1.79. The van der Waals surface area contributed by atoms with Crippen LogP contribution in [-0.2, 0) is 6.54 Å². The lowest BCUT2D eigenvalue weighted by Gasteiger charge is -2.41. The van der Waals surface area contributed by atoms with E-state index in [-0.39, 0.29) is 5.56 Å². The van der Waals surface area contributed by atoms with Crippen LogP contribution in [0.4, 0.5) is 0 Å². The maximum absolute atomic E-state index is 10.7. The van der Waals surface area contributed by atoms with E-state index in [0.717, 1.165) is 6.54 Å². The largest absolute Gasteiger partial charge is 0.478 e. The third-order valence-electron chi connectivity index (χ3n) is 3.86. The average molecular weight is 237 g/mol. The highest BCUT2D eigenvalue weighted by molar-refractivity contribution is 5.87. The van der Waals surface area contributed by atoms with Crippen LogP contribution in [0.5, 0.6) is 0 Å². The normalized spacial score (nSPS) is 17.7. The van der Waals surface area contributed by atoms with Gasteiger partial charge in [-0.1, -0.05) is 13.3 Å². The van der Waals surface area contributed by atoms with Crippen LogP contribution in [0, 0.1) is 5.41 Å². The lowest BCUT2D eigenvalue weighted by atomic mass is 9.67. The first-order valence-corrected chi connectivity index (χ1v) is 6.17. The van der Waals surface area contributed by atoms with Gasteiger partial charge in [-0.2, -0.15) is 0 Å². The van der Waals surface area contributed by atoms with E-state index < -0.39 is 5.97 Å². The molecule has 4 nitrogen and oxygen atoms in total. The average Bonchev–Trinajstić information content (AvgIpc) is 2.71. The number of rotatable bonds is 6. The van der Waals surface area contributed by atoms with E-state index in [1.165, 1.54) is 31.9 Å². The van der Waals surface area contributed by atoms with E-state index in [1.807, 2.05) is 0 Å². The van der Waals surface area contributed by atoms with Gasteiger partial charge in [-0.3, -0.25) is 0 Å². The molecule has 1 aromatic rings. The van der Waals surface area contributed by atoms with E-state index in [0.29, 0.717) is 17.7 Å². The van der Waals surface area contributed by atoms with E-state index in [1.54, 1.807) is 6.07 Å². The van der Waals surface area contributed by atoms with Crippen LogP contribution in [0.1, 0.15) is 48.7 Å². The number of hydrogen-bond donors (Lipinski definition) is 2. The molecular weight excluding hydrogens is 218 g/mol. The summed E-state index contributed by atoms with van der Waals surface area (Å²) >= 11 is 0. The summed E-state index contributed by atoms with van der Waals surface area (Å²) in [5.74, 6) is -0.253. The lowest BCUT2D eigenvalue weighted by Crippen LogP contribution is -2.39. The minimum atomic E-state index is -0.941. The zero-order valence-electron chi connectivity index (χ0n) is 10.2. The van der Waals surface area contributed by atoms with Gasteiger partial charge < -0.3 is 14.8 Å². The second-order valence-corrected chi connectivity index (χ2v) is 4.92. The Morgan fingerprint density at radius 3 is 2.82 bits per heavy atom. The van der Waals surface area contributed by atoms with E-state index in [4.69, 9.17) is 9.52 Å². The highest BCUT2D eigenvalue weighted by atomic mass is 16.4. The number of hydrogen-bond acceptors (Lipinski definition) is 3. The van der Waals surface area contributed by atoms with Crippen molar-refractivity contribution in [3.63, 3.8) is 0 Å². The molecule has 0 aliphatic heterocycles. The summed E-state index contributed by atoms with van der Waals surface area (Å²) in [7, 11) is 0. The van der Waals surface area contributed by atoms with Crippen molar-refractivity contribution >= 4 is 5.97 Å². The summed E-state index contributed by atoms with van der Waals surface area (Å²) in [6.07, 6.45) is 6.43. The van der Waals surface area contributed by atoms with Gasteiger partial charge in [0.1, 0.15) is 12.0 Å². The summed E-state index contributed by atoms with van der Waals surface area (Å²) in [5, 5.41) is 12.1. The predicted octanol–water partition coefficient (Wildman–Crippen LogP) is 2.65. The summed E-state index contributed by atoms with van der Waals surface area (Å²) in [6.45, 7) is 3.83. The number of aromatic carboxylic acids is 1. The van der Waals surface area contributed by atoms with Crippen LogP contribution in [-0.4, -0.2) is 17.6 Å². The van der Waals surface area contributed by atoms with Crippen molar-refractivity contribution in [1.82, 2.24) is 5.32 Å². The van der Waals surface area contributed by atoms with Crippen LogP contribution in [0.15, 0.2) is 16.7 Å². The number of carboxylic acid groups (broad SMARTS) is 1. The fraction of sp³-hybridized carbons (Fsp3) is 0.615. The molecule has 0 aromatic carbocycles. The third-order valence-corrected chi connectivity index (χ3v) is 3.86. The minimum Gasteiger partial charge on any atom is -0.478 e. The Kier molecular flexibility index (Phi) is 3.52. The van der Waals surface area contributed by atoms with Crippen molar-refractivity contribution in [2.24, 2.45) is 5.41 Å². The number of carbonyl (C=O) groups is 1. The van der Waals surface area contributed by atoms with Crippen LogP contribution < -0.4 is 5.32 Å². The van der Waals surface area contributed by atoms with E-state index >= 15 is 0 Å². The molecule has 1 aliphatic carbocycles. The molecule has 17 heavy (non-hydrogen) atoms. The first kappa shape index (κ1) is 12.2. The molecule has 0 saturated heterocycles. The summed E-state index contributed by atoms with van der Waals surface area (Å²) in [6, 6.07) is 1.58. The Morgan fingerprint density at radius 1 is 1.59 bits per heavy atom. The molecule has 94 valence electrons. The molecule has 0 spiro atoms. The van der Waals surface area contributed by atoms with Crippen molar-refractivity contribution < 1.29 is 14.3 Å². The van der Waals surface area contributed by atoms with Crippen LogP contribution >= 0.6 is 0 Å². The zero-order valence-corrected chi connectivity index (χ0v) is 10.2. The second kappa shape index (κ2) is 4.92. The first-order valence-electron chi connectivity index (χ1n) is 6.17. The van der Waals surface area contributed by atoms with Crippen molar-refractivity contribution in [2.45, 2.75) is 39.2 Å². The summed E-state index contributed by atoms with van der Waals surface area (Å²) < 4.78 is 5.18. The maximum atomic E-state index is 10.7. The summed E-state index contributed by atoms with van der Waals surface area (Å²) in [4.78, 5) is 10.7. The molecule has 0 radical (unpaired) electrons. The molecule has 1 saturated carbocycles. The van der Waals surface area contributed by atoms with Crippen LogP contribution in [0.3, 0.4) is 0 Å². The zero-order chi connectivity index (χ0) is 12.3. The standard InChI is InChI=1S/C13H19NO3/c1-2-13(4-3-5-13)9-14-7-11-6-10(8-17-11)12(15)16/h6,8,14H,2-5,7,9H2,1H3,(H,15,16). The van der Waals surface area contributed by atoms with Gasteiger partial charge in [0.15, 0.2) is 0 Å². The Hall–Kier alpha value is -1.29. The molecule has 0 atom stereocenters. The second-order valence-electron chi connectivity index (χ2n) is 4.92. The molecule has 0 bridgehead atoms. The number of furan rings is 1. The molecule has 1 fully saturated rings. The van der Waals surface area contributed by atoms with Crippen molar-refractivity contribution in [2.75, 3.05) is 6.54 Å². The van der Waals surface area contributed by atoms with E-state index in [2.05, 4.69) is 12.2 Å². The minimum absolute atomic E-state index is 0.218. The third kappa shape index (κ3) is 2.69. The fourth-order valence-electron chi connectivity index (χ4n) is 2.37. The topological polar surface area (TPSA) is 62.5 Å². The van der Waals surface area contributed by atoms with Gasteiger partial charge in [0.25, 0.3) is 0 Å². The maximum Gasteiger partial charge on any atom is 0.338 e. The predicted molar refractivity (Wildman–Crippen MR) is 63.9 cm³/mol. The van der Waals surface area contributed by atoms with Crippen molar-refractivity contribution in [3.05, 3.63) is 23.7 Å². The summed E-state index contributed by atoms with van der Waals surface area (Å²) in [5.41, 5.74) is 0.693. The molecule has 2 rings (SSSR count). The first-order chi connectivity index (χ1) is 8.15. The highest BCUT2D eigenvalue weighted by Gasteiger charge is 2.34. The Labute approximate surface area is 101 Å². The smallest absolute Gasteiger partial charge is 0.338 e. The van der Waals surface area contributed by atoms with Crippen LogP contribution in [0.25, 0.3) is 0 Å². The fourth-order valence-corrected chi connectivity index (χ4v) is 2.37. The lowest BCUT2D eigenvalue weighted by molar-refractivity contribution is 0.0696. The molecular formula is C13H19NO3. The number of nitrogens with one attached hydrogen (secondary N) is 1. The molecule has 1 heterocycles. The van der Waals surface area contributed by atoms with Gasteiger partial charge >= 0.3 is 5.97 Å². The molecule has 4 heteroatoms. The van der Waals surface area contributed by atoms with Gasteiger partial charge in [-0.15, -0.1) is 0 Å². The SMILES string of the molecule is CCC1(CNCc2cc(C(=O)O)co2)CCC1. The van der Waals surface area contributed by atoms with Gasteiger partial charge in [-0.25, -0.2) is 4.79 Å². The molecule has 0 unspecified atom stereocenters. The molecule has 0 amide bonds. The Morgan fingerprint density at radius 2 is 2.35 bits per heavy atom. The van der Waals surface area contributed by atoms with E-state index in [9.17, 15) is 4.79 Å². The molecule has 2 N–H and O–H groups in total. The van der Waals surface area contributed by atoms with Gasteiger partial charge in [0.05, 0.1) is 12.1 Å². The van der Waals surface area contributed by atoms with Crippen molar-refractivity contribution in [3.8, 4) is 0 Å². The van der Waals surface area contributed by atoms with Crippen LogP contribution in [0.2, 0.25) is 0 Å². The Bertz CT molecular complexity index is 388. The highest BCUT2D eigenvalue weighted by Crippen LogP contribution is 2.43. The van der Waals surface area contributed by atoms with Gasteiger partial charge in [0, 0.05) is 6.54 Å². The quantitative estimate of drug-likeness (QED) is 0.798. The molecule has 1 aliphatic rings. The van der Waals surface area contributed by atoms with Crippen molar-refractivity contribution in [1.29, 1.82) is 0 Å². The number of carboxylic acids is 1.